The average molecular weight is 120 g/mol. The molecule has 0 bridgehead atoms. The van der Waals surface area contributed by atoms with Gasteiger partial charge in [-0.25, -0.2) is 0 Å². The Morgan fingerprint density at radius 3 is 2.00 bits per heavy atom. The largest absolute Gasteiger partial charge is 0.0735 e. The fourth-order valence-electron chi connectivity index (χ4n) is 1.70. The smallest absolute Gasteiger partial charge is 0.0146 e. The van der Waals surface area contributed by atoms with Gasteiger partial charge in [0.1, 0.15) is 0 Å². The van der Waals surface area contributed by atoms with Crippen molar-refractivity contribution in [2.45, 2.75) is 20.8 Å². The van der Waals surface area contributed by atoms with Crippen LogP contribution in [0.2, 0.25) is 0 Å². The highest BCUT2D eigenvalue weighted by Crippen LogP contribution is 2.60. The van der Waals surface area contributed by atoms with Crippen LogP contribution >= 0.6 is 0 Å². The van der Waals surface area contributed by atoms with Crippen molar-refractivity contribution < 1.29 is 0 Å². The fourth-order valence-corrected chi connectivity index (χ4v) is 1.70. The van der Waals surface area contributed by atoms with Crippen LogP contribution in [0.25, 0.3) is 0 Å². The fraction of sp³-hybridized carbons (Fsp3) is 0.556. The predicted molar refractivity (Wildman–Crippen MR) is 39.1 cm³/mol. The summed E-state index contributed by atoms with van der Waals surface area (Å²) in [4.78, 5) is 0. The second kappa shape index (κ2) is 1.16. The first kappa shape index (κ1) is 5.28. The third-order valence-electron chi connectivity index (χ3n) is 2.43. The van der Waals surface area contributed by atoms with Crippen LogP contribution in [0.3, 0.4) is 0 Å². The first-order chi connectivity index (χ1) is 4.12. The molecule has 0 saturated heterocycles. The molecule has 0 heterocycles. The van der Waals surface area contributed by atoms with Crippen molar-refractivity contribution in [2.75, 3.05) is 0 Å². The molecule has 0 amide bonds. The van der Waals surface area contributed by atoms with Gasteiger partial charge in [0.25, 0.3) is 0 Å². The lowest BCUT2D eigenvalue weighted by Crippen LogP contribution is -1.89. The third kappa shape index (κ3) is 0.487. The van der Waals surface area contributed by atoms with Crippen LogP contribution in [0.15, 0.2) is 23.3 Å². The SMILES string of the molecule is CC1C=C2C(=C1)C2(C)C. The normalized spacial score (nSPS) is 29.2. The Hall–Kier alpha value is -0.520. The van der Waals surface area contributed by atoms with Gasteiger partial charge < -0.3 is 0 Å². The molecule has 0 radical (unpaired) electrons. The van der Waals surface area contributed by atoms with Gasteiger partial charge in [0.2, 0.25) is 0 Å². The van der Waals surface area contributed by atoms with Crippen molar-refractivity contribution in [3.8, 4) is 0 Å². The average Bonchev–Trinajstić information content (AvgIpc) is 2.27. The van der Waals surface area contributed by atoms with Crippen molar-refractivity contribution in [3.63, 3.8) is 0 Å². The Morgan fingerprint density at radius 1 is 1.22 bits per heavy atom. The van der Waals surface area contributed by atoms with E-state index in [0.29, 0.717) is 11.3 Å². The topological polar surface area (TPSA) is 0 Å². The van der Waals surface area contributed by atoms with Crippen molar-refractivity contribution in [2.24, 2.45) is 11.3 Å². The van der Waals surface area contributed by atoms with E-state index in [9.17, 15) is 0 Å². The summed E-state index contributed by atoms with van der Waals surface area (Å²) in [5.74, 6) is 0.711. The van der Waals surface area contributed by atoms with E-state index < -0.39 is 0 Å². The monoisotopic (exact) mass is 120 g/mol. The van der Waals surface area contributed by atoms with Gasteiger partial charge in [0.05, 0.1) is 0 Å². The first-order valence-electron chi connectivity index (χ1n) is 3.57. The molecule has 0 nitrogen and oxygen atoms in total. The number of rotatable bonds is 0. The molecule has 0 aromatic heterocycles. The molecule has 2 aliphatic carbocycles. The summed E-state index contributed by atoms with van der Waals surface area (Å²) in [7, 11) is 0. The molecule has 0 spiro atoms. The van der Waals surface area contributed by atoms with Crippen molar-refractivity contribution in [3.05, 3.63) is 23.3 Å². The van der Waals surface area contributed by atoms with Crippen LogP contribution in [0, 0.1) is 11.3 Å². The van der Waals surface area contributed by atoms with Crippen molar-refractivity contribution >= 4 is 0 Å². The van der Waals surface area contributed by atoms with Gasteiger partial charge in [-0.15, -0.1) is 0 Å². The van der Waals surface area contributed by atoms with Crippen LogP contribution in [-0.2, 0) is 0 Å². The summed E-state index contributed by atoms with van der Waals surface area (Å²) >= 11 is 0. The minimum atomic E-state index is 0.465. The maximum absolute atomic E-state index is 2.37. The van der Waals surface area contributed by atoms with Gasteiger partial charge in [-0.2, -0.15) is 0 Å². The highest BCUT2D eigenvalue weighted by atomic mass is 14.5. The number of fused-ring (bicyclic) bond motifs is 1. The maximum atomic E-state index is 2.37. The molecular formula is C9H12. The van der Waals surface area contributed by atoms with Crippen LogP contribution < -0.4 is 0 Å². The Labute approximate surface area is 56.3 Å². The summed E-state index contributed by atoms with van der Waals surface area (Å²) < 4.78 is 0. The number of allylic oxidation sites excluding steroid dienone is 4. The van der Waals surface area contributed by atoms with E-state index in [1.54, 1.807) is 11.1 Å². The highest BCUT2D eigenvalue weighted by Gasteiger charge is 2.48. The van der Waals surface area contributed by atoms with E-state index >= 15 is 0 Å². The zero-order valence-electron chi connectivity index (χ0n) is 6.23. The molecule has 0 heteroatoms. The molecule has 0 atom stereocenters. The Kier molecular flexibility index (Phi) is 0.678. The molecule has 1 fully saturated rings. The molecule has 2 rings (SSSR count). The third-order valence-corrected chi connectivity index (χ3v) is 2.43. The van der Waals surface area contributed by atoms with Gasteiger partial charge in [-0.1, -0.05) is 32.9 Å². The van der Waals surface area contributed by atoms with Crippen LogP contribution in [-0.4, -0.2) is 0 Å². The molecule has 9 heavy (non-hydrogen) atoms. The number of hydrogen-bond acceptors (Lipinski definition) is 0. The van der Waals surface area contributed by atoms with Gasteiger partial charge in [-0.3, -0.25) is 0 Å². The van der Waals surface area contributed by atoms with E-state index in [1.807, 2.05) is 0 Å². The molecule has 0 unspecified atom stereocenters. The van der Waals surface area contributed by atoms with Gasteiger partial charge >= 0.3 is 0 Å². The van der Waals surface area contributed by atoms with Crippen LogP contribution in [0.5, 0.6) is 0 Å². The Bertz CT molecular complexity index is 194. The minimum Gasteiger partial charge on any atom is -0.0735 e. The lowest BCUT2D eigenvalue weighted by atomic mass is 10.0. The summed E-state index contributed by atoms with van der Waals surface area (Å²) in [5.41, 5.74) is 3.65. The van der Waals surface area contributed by atoms with Gasteiger partial charge in [0, 0.05) is 5.41 Å². The maximum Gasteiger partial charge on any atom is 0.0146 e. The molecule has 48 valence electrons. The summed E-state index contributed by atoms with van der Waals surface area (Å²) in [6.45, 7) is 6.81. The quantitative estimate of drug-likeness (QED) is 0.461. The Morgan fingerprint density at radius 2 is 1.67 bits per heavy atom. The van der Waals surface area contributed by atoms with E-state index in [2.05, 4.69) is 32.9 Å². The highest BCUT2D eigenvalue weighted by molar-refractivity contribution is 5.64. The lowest BCUT2D eigenvalue weighted by molar-refractivity contribution is 0.716. The van der Waals surface area contributed by atoms with Crippen LogP contribution in [0.1, 0.15) is 20.8 Å². The molecular weight excluding hydrogens is 108 g/mol. The lowest BCUT2D eigenvalue weighted by Gasteiger charge is -1.99. The van der Waals surface area contributed by atoms with Gasteiger partial charge in [0.15, 0.2) is 0 Å². The van der Waals surface area contributed by atoms with Crippen molar-refractivity contribution in [1.82, 2.24) is 0 Å². The second-order valence-corrected chi connectivity index (χ2v) is 3.64. The summed E-state index contributed by atoms with van der Waals surface area (Å²) in [6.07, 6.45) is 4.74. The first-order valence-corrected chi connectivity index (χ1v) is 3.57. The summed E-state index contributed by atoms with van der Waals surface area (Å²) in [6, 6.07) is 0. The molecule has 0 N–H and O–H groups in total. The number of hydrogen-bond donors (Lipinski definition) is 0. The molecule has 2 aliphatic rings. The zero-order chi connectivity index (χ0) is 6.65. The van der Waals surface area contributed by atoms with E-state index in [4.69, 9.17) is 0 Å². The molecule has 0 aliphatic heterocycles. The van der Waals surface area contributed by atoms with Crippen molar-refractivity contribution in [1.29, 1.82) is 0 Å². The van der Waals surface area contributed by atoms with E-state index in [1.165, 1.54) is 0 Å². The molecule has 1 saturated carbocycles. The van der Waals surface area contributed by atoms with E-state index in [0.717, 1.165) is 0 Å². The minimum absolute atomic E-state index is 0.465. The second-order valence-electron chi connectivity index (χ2n) is 3.64. The standard InChI is InChI=1S/C9H12/c1-6-4-7-8(5-6)9(7,2)3/h4-6H,1-3H3. The molecule has 0 aromatic rings. The molecule has 0 aromatic carbocycles. The Balaban J connectivity index is 2.39. The zero-order valence-corrected chi connectivity index (χ0v) is 6.23. The predicted octanol–water partition coefficient (Wildman–Crippen LogP) is 2.53. The van der Waals surface area contributed by atoms with Gasteiger partial charge in [-0.05, 0) is 17.1 Å². The van der Waals surface area contributed by atoms with E-state index in [-0.39, 0.29) is 0 Å². The van der Waals surface area contributed by atoms with Crippen LogP contribution in [0.4, 0.5) is 0 Å². The summed E-state index contributed by atoms with van der Waals surface area (Å²) in [5, 5.41) is 0.